The number of methoxy groups -OCH3 is 1. The third-order valence-corrected chi connectivity index (χ3v) is 7.32. The van der Waals surface area contributed by atoms with Gasteiger partial charge in [-0.2, -0.15) is 0 Å². The molecule has 0 aromatic heterocycles. The molecule has 0 N–H and O–H groups in total. The van der Waals surface area contributed by atoms with Gasteiger partial charge in [-0.3, -0.25) is 14.6 Å². The fraction of sp³-hybridized carbons (Fsp3) is 0.500. The Morgan fingerprint density at radius 1 is 0.914 bits per heavy atom. The number of hydrogen-bond donors (Lipinski definition) is 0. The first-order valence-electron chi connectivity index (χ1n) is 12.6. The van der Waals surface area contributed by atoms with Crippen LogP contribution in [0.2, 0.25) is 0 Å². The molecule has 0 bridgehead atoms. The Labute approximate surface area is 209 Å². The minimum atomic E-state index is -0.722. The molecule has 0 atom stereocenters. The summed E-state index contributed by atoms with van der Waals surface area (Å²) in [5, 5.41) is 0. The number of nitrogens with zero attached hydrogens (tertiary/aromatic N) is 4. The zero-order chi connectivity index (χ0) is 24.8. The smallest absolute Gasteiger partial charge is 0.327 e. The summed E-state index contributed by atoms with van der Waals surface area (Å²) < 4.78 is 5.27. The van der Waals surface area contributed by atoms with Crippen molar-refractivity contribution in [1.82, 2.24) is 19.6 Å². The lowest BCUT2D eigenvalue weighted by atomic mass is 9.85. The van der Waals surface area contributed by atoms with E-state index in [2.05, 4.69) is 34.1 Å². The Morgan fingerprint density at radius 3 is 2.23 bits per heavy atom. The Bertz CT molecular complexity index is 985. The molecule has 188 valence electrons. The minimum absolute atomic E-state index is 0.00147. The zero-order valence-electron chi connectivity index (χ0n) is 21.3. The van der Waals surface area contributed by atoms with Gasteiger partial charge in [-0.1, -0.05) is 42.5 Å². The molecule has 1 spiro atoms. The number of imide groups is 1. The first-order chi connectivity index (χ1) is 16.9. The van der Waals surface area contributed by atoms with E-state index in [1.54, 1.807) is 7.11 Å². The van der Waals surface area contributed by atoms with E-state index in [-0.39, 0.29) is 11.9 Å². The first kappa shape index (κ1) is 25.2. The highest BCUT2D eigenvalue weighted by molar-refractivity contribution is 6.07. The Kier molecular flexibility index (Phi) is 8.08. The fourth-order valence-electron chi connectivity index (χ4n) is 5.27. The van der Waals surface area contributed by atoms with Gasteiger partial charge in [0.25, 0.3) is 5.91 Å². The number of ether oxygens (including phenoxy) is 1. The van der Waals surface area contributed by atoms with E-state index in [9.17, 15) is 9.59 Å². The highest BCUT2D eigenvalue weighted by Gasteiger charge is 2.57. The van der Waals surface area contributed by atoms with Crippen LogP contribution < -0.4 is 4.74 Å². The van der Waals surface area contributed by atoms with E-state index in [1.165, 1.54) is 16.0 Å². The first-order valence-corrected chi connectivity index (χ1v) is 12.6. The summed E-state index contributed by atoms with van der Waals surface area (Å²) in [5.74, 6) is 0.850. The van der Waals surface area contributed by atoms with Crippen LogP contribution in [0, 0.1) is 0 Å². The van der Waals surface area contributed by atoms with Gasteiger partial charge in [-0.15, -0.1) is 0 Å². The van der Waals surface area contributed by atoms with Crippen molar-refractivity contribution in [2.75, 3.05) is 53.9 Å². The number of hydrogen-bond acceptors (Lipinski definition) is 5. The molecule has 0 radical (unpaired) electrons. The largest absolute Gasteiger partial charge is 0.497 e. The summed E-state index contributed by atoms with van der Waals surface area (Å²) in [6.45, 7) is 4.31. The highest BCUT2D eigenvalue weighted by Crippen LogP contribution is 2.38. The number of benzene rings is 2. The summed E-state index contributed by atoms with van der Waals surface area (Å²) in [4.78, 5) is 35.1. The molecule has 2 aromatic carbocycles. The molecular formula is C28H38N4O3. The Balaban J connectivity index is 1.46. The van der Waals surface area contributed by atoms with Crippen LogP contribution in [-0.4, -0.2) is 91.0 Å². The van der Waals surface area contributed by atoms with Gasteiger partial charge in [0.1, 0.15) is 11.3 Å². The second kappa shape index (κ2) is 11.2. The highest BCUT2D eigenvalue weighted by atomic mass is 16.5. The number of urea groups is 1. The van der Waals surface area contributed by atoms with Crippen LogP contribution in [0.25, 0.3) is 0 Å². The van der Waals surface area contributed by atoms with Gasteiger partial charge in [0.2, 0.25) is 0 Å². The van der Waals surface area contributed by atoms with Crippen molar-refractivity contribution in [2.45, 2.75) is 37.8 Å². The van der Waals surface area contributed by atoms with E-state index in [0.717, 1.165) is 44.8 Å². The third kappa shape index (κ3) is 5.68. The molecule has 2 aliphatic rings. The van der Waals surface area contributed by atoms with Crippen molar-refractivity contribution in [3.63, 3.8) is 0 Å². The number of carbonyl (C=O) groups is 2. The molecule has 2 aromatic rings. The normalized spacial score (nSPS) is 18.2. The second-order valence-electron chi connectivity index (χ2n) is 9.94. The number of likely N-dealkylation sites (tertiary alicyclic amines) is 1. The average molecular weight is 479 g/mol. The summed E-state index contributed by atoms with van der Waals surface area (Å²) in [5.41, 5.74) is 1.69. The lowest BCUT2D eigenvalue weighted by Gasteiger charge is -2.42. The maximum Gasteiger partial charge on any atom is 0.327 e. The van der Waals surface area contributed by atoms with E-state index >= 15 is 0 Å². The summed E-state index contributed by atoms with van der Waals surface area (Å²) in [7, 11) is 5.70. The quantitative estimate of drug-likeness (QED) is 0.490. The van der Waals surface area contributed by atoms with E-state index in [0.29, 0.717) is 25.9 Å². The van der Waals surface area contributed by atoms with Gasteiger partial charge in [0.05, 0.1) is 7.11 Å². The third-order valence-electron chi connectivity index (χ3n) is 7.32. The maximum absolute atomic E-state index is 13.7. The molecule has 7 heteroatoms. The predicted molar refractivity (Wildman–Crippen MR) is 137 cm³/mol. The van der Waals surface area contributed by atoms with Crippen molar-refractivity contribution >= 4 is 11.9 Å². The predicted octanol–water partition coefficient (Wildman–Crippen LogP) is 3.49. The second-order valence-corrected chi connectivity index (χ2v) is 9.94. The Hall–Kier alpha value is -2.90. The molecule has 0 saturated carbocycles. The topological polar surface area (TPSA) is 56.3 Å². The van der Waals surface area contributed by atoms with E-state index in [1.807, 2.05) is 49.3 Å². The summed E-state index contributed by atoms with van der Waals surface area (Å²) in [6.07, 6.45) is 2.89. The molecule has 35 heavy (non-hydrogen) atoms. The van der Waals surface area contributed by atoms with Crippen molar-refractivity contribution in [1.29, 1.82) is 0 Å². The molecule has 2 heterocycles. The average Bonchev–Trinajstić information content (AvgIpc) is 3.06. The lowest BCUT2D eigenvalue weighted by molar-refractivity contribution is -0.135. The van der Waals surface area contributed by atoms with Crippen LogP contribution >= 0.6 is 0 Å². The van der Waals surface area contributed by atoms with Crippen LogP contribution in [-0.2, 0) is 17.8 Å². The summed E-state index contributed by atoms with van der Waals surface area (Å²) >= 11 is 0. The lowest BCUT2D eigenvalue weighted by Crippen LogP contribution is -2.56. The van der Waals surface area contributed by atoms with Crippen LogP contribution in [0.5, 0.6) is 5.75 Å². The molecule has 2 aliphatic heterocycles. The molecule has 2 fully saturated rings. The van der Waals surface area contributed by atoms with E-state index < -0.39 is 5.54 Å². The van der Waals surface area contributed by atoms with Gasteiger partial charge in [0, 0.05) is 32.7 Å². The molecule has 0 unspecified atom stereocenters. The van der Waals surface area contributed by atoms with Crippen LogP contribution in [0.4, 0.5) is 4.79 Å². The van der Waals surface area contributed by atoms with Gasteiger partial charge in [0.15, 0.2) is 0 Å². The van der Waals surface area contributed by atoms with Crippen LogP contribution in [0.15, 0.2) is 54.6 Å². The van der Waals surface area contributed by atoms with Gasteiger partial charge < -0.3 is 14.5 Å². The van der Waals surface area contributed by atoms with Crippen molar-refractivity contribution < 1.29 is 14.3 Å². The molecule has 7 nitrogen and oxygen atoms in total. The van der Waals surface area contributed by atoms with E-state index in [4.69, 9.17) is 4.74 Å². The molecule has 4 rings (SSSR count). The molecule has 2 saturated heterocycles. The van der Waals surface area contributed by atoms with Crippen LogP contribution in [0.1, 0.15) is 30.4 Å². The number of amides is 3. The SMILES string of the molecule is COc1ccc(CN2CCC3(CC2)C(=O)N(CCCN(C)C)C(=O)N3CCc2ccccc2)cc1. The Morgan fingerprint density at radius 2 is 1.60 bits per heavy atom. The number of carbonyl (C=O) groups excluding carboxylic acids is 2. The monoisotopic (exact) mass is 478 g/mol. The summed E-state index contributed by atoms with van der Waals surface area (Å²) in [6, 6.07) is 18.2. The number of piperidine rings is 1. The van der Waals surface area contributed by atoms with Crippen molar-refractivity contribution in [3.8, 4) is 5.75 Å². The standard InChI is InChI=1S/C28H38N4O3/c1-29(2)17-7-18-31-26(33)28(32(27(31)34)19-14-23-8-5-4-6-9-23)15-20-30(21-16-28)22-24-10-12-25(35-3)13-11-24/h4-6,8-13H,7,14-22H2,1-3H3. The van der Waals surface area contributed by atoms with Crippen LogP contribution in [0.3, 0.4) is 0 Å². The molecule has 3 amide bonds. The zero-order valence-corrected chi connectivity index (χ0v) is 21.3. The molecular weight excluding hydrogens is 440 g/mol. The van der Waals surface area contributed by atoms with Gasteiger partial charge in [-0.05, 0) is 69.6 Å². The van der Waals surface area contributed by atoms with Gasteiger partial charge >= 0.3 is 6.03 Å². The minimum Gasteiger partial charge on any atom is -0.497 e. The fourth-order valence-corrected chi connectivity index (χ4v) is 5.27. The van der Waals surface area contributed by atoms with Crippen molar-refractivity contribution in [3.05, 3.63) is 65.7 Å². The molecule has 0 aliphatic carbocycles. The van der Waals surface area contributed by atoms with Gasteiger partial charge in [-0.25, -0.2) is 4.79 Å². The maximum atomic E-state index is 13.7. The number of rotatable bonds is 10. The van der Waals surface area contributed by atoms with Crippen molar-refractivity contribution in [2.24, 2.45) is 0 Å².